The average molecular weight is 318 g/mol. The molecule has 5 nitrogen and oxygen atoms in total. The minimum atomic E-state index is 0.484. The Labute approximate surface area is 135 Å². The van der Waals surface area contributed by atoms with Crippen LogP contribution in [0, 0.1) is 13.8 Å². The van der Waals surface area contributed by atoms with E-state index in [9.17, 15) is 0 Å². The molecule has 2 aromatic rings. The van der Waals surface area contributed by atoms with Crippen molar-refractivity contribution in [3.8, 4) is 5.75 Å². The highest BCUT2D eigenvalue weighted by Crippen LogP contribution is 2.31. The van der Waals surface area contributed by atoms with Crippen molar-refractivity contribution in [2.24, 2.45) is 0 Å². The number of ether oxygens (including phenoxy) is 1. The molecule has 0 saturated heterocycles. The molecule has 1 aromatic carbocycles. The zero-order valence-corrected chi connectivity index (χ0v) is 14.0. The predicted octanol–water partition coefficient (Wildman–Crippen LogP) is 3.58. The summed E-state index contributed by atoms with van der Waals surface area (Å²) in [5.74, 6) is 1.82. The second-order valence-corrected chi connectivity index (χ2v) is 6.87. The number of hydrogen-bond acceptors (Lipinski definition) is 5. The molecule has 1 saturated carbocycles. The SMILES string of the molecule is Cc1ccc(C)c(OCCSc2nnnn2C2CCCC2)c1. The summed E-state index contributed by atoms with van der Waals surface area (Å²) in [7, 11) is 0. The van der Waals surface area contributed by atoms with Crippen LogP contribution in [0.5, 0.6) is 5.75 Å². The van der Waals surface area contributed by atoms with Crippen molar-refractivity contribution in [1.82, 2.24) is 20.2 Å². The second-order valence-electron chi connectivity index (χ2n) is 5.81. The van der Waals surface area contributed by atoms with E-state index in [1.807, 2.05) is 4.68 Å². The molecule has 118 valence electrons. The van der Waals surface area contributed by atoms with Crippen LogP contribution < -0.4 is 4.74 Å². The molecule has 1 aromatic heterocycles. The van der Waals surface area contributed by atoms with Crippen molar-refractivity contribution in [2.45, 2.75) is 50.7 Å². The Morgan fingerprint density at radius 3 is 2.91 bits per heavy atom. The Bertz CT molecular complexity index is 622. The van der Waals surface area contributed by atoms with Crippen molar-refractivity contribution >= 4 is 11.8 Å². The summed E-state index contributed by atoms with van der Waals surface area (Å²) in [5.41, 5.74) is 2.39. The third-order valence-electron chi connectivity index (χ3n) is 4.05. The molecule has 0 spiro atoms. The van der Waals surface area contributed by atoms with Crippen molar-refractivity contribution in [1.29, 1.82) is 0 Å². The molecule has 0 N–H and O–H groups in total. The van der Waals surface area contributed by atoms with Gasteiger partial charge in [0.15, 0.2) is 0 Å². The Morgan fingerprint density at radius 2 is 2.09 bits per heavy atom. The Balaban J connectivity index is 1.51. The van der Waals surface area contributed by atoms with Crippen LogP contribution in [0.25, 0.3) is 0 Å². The molecule has 3 rings (SSSR count). The molecule has 0 amide bonds. The lowest BCUT2D eigenvalue weighted by Crippen LogP contribution is -2.09. The van der Waals surface area contributed by atoms with Crippen LogP contribution >= 0.6 is 11.8 Å². The molecule has 22 heavy (non-hydrogen) atoms. The zero-order chi connectivity index (χ0) is 15.4. The van der Waals surface area contributed by atoms with Gasteiger partial charge in [-0.3, -0.25) is 0 Å². The van der Waals surface area contributed by atoms with Crippen LogP contribution in [-0.2, 0) is 0 Å². The van der Waals surface area contributed by atoms with Crippen molar-refractivity contribution < 1.29 is 4.74 Å². The summed E-state index contributed by atoms with van der Waals surface area (Å²) in [6.07, 6.45) is 4.95. The van der Waals surface area contributed by atoms with E-state index in [1.165, 1.54) is 36.8 Å². The summed E-state index contributed by atoms with van der Waals surface area (Å²) < 4.78 is 7.88. The van der Waals surface area contributed by atoms with Gasteiger partial charge in [0.25, 0.3) is 0 Å². The van der Waals surface area contributed by atoms with Crippen LogP contribution in [0.2, 0.25) is 0 Å². The third-order valence-corrected chi connectivity index (χ3v) is 4.95. The first-order chi connectivity index (χ1) is 10.7. The predicted molar refractivity (Wildman–Crippen MR) is 87.5 cm³/mol. The first kappa shape index (κ1) is 15.3. The molecule has 0 bridgehead atoms. The molecule has 0 radical (unpaired) electrons. The number of aromatic nitrogens is 4. The van der Waals surface area contributed by atoms with Gasteiger partial charge in [0.1, 0.15) is 5.75 Å². The van der Waals surface area contributed by atoms with Crippen LogP contribution in [0.3, 0.4) is 0 Å². The largest absolute Gasteiger partial charge is 0.492 e. The maximum absolute atomic E-state index is 5.88. The fraction of sp³-hybridized carbons (Fsp3) is 0.562. The van der Waals surface area contributed by atoms with Gasteiger partial charge in [-0.25, -0.2) is 4.68 Å². The lowest BCUT2D eigenvalue weighted by atomic mass is 10.1. The number of hydrogen-bond donors (Lipinski definition) is 0. The topological polar surface area (TPSA) is 52.8 Å². The van der Waals surface area contributed by atoms with E-state index in [4.69, 9.17) is 4.74 Å². The zero-order valence-electron chi connectivity index (χ0n) is 13.2. The van der Waals surface area contributed by atoms with Crippen molar-refractivity contribution in [3.05, 3.63) is 29.3 Å². The van der Waals surface area contributed by atoms with Crippen LogP contribution in [0.1, 0.15) is 42.9 Å². The Kier molecular flexibility index (Phi) is 4.97. The molecule has 1 aliphatic carbocycles. The van der Waals surface area contributed by atoms with E-state index < -0.39 is 0 Å². The highest BCUT2D eigenvalue weighted by Gasteiger charge is 2.21. The van der Waals surface area contributed by atoms with E-state index in [2.05, 4.69) is 47.6 Å². The van der Waals surface area contributed by atoms with Gasteiger partial charge in [-0.2, -0.15) is 0 Å². The average Bonchev–Trinajstić information content (AvgIpc) is 3.17. The van der Waals surface area contributed by atoms with Crippen molar-refractivity contribution in [2.75, 3.05) is 12.4 Å². The molecule has 0 aliphatic heterocycles. The van der Waals surface area contributed by atoms with Gasteiger partial charge in [0.05, 0.1) is 12.6 Å². The second kappa shape index (κ2) is 7.13. The third kappa shape index (κ3) is 3.61. The molecule has 6 heteroatoms. The lowest BCUT2D eigenvalue weighted by molar-refractivity contribution is 0.341. The van der Waals surface area contributed by atoms with E-state index >= 15 is 0 Å². The standard InChI is InChI=1S/C16H22N4OS/c1-12-7-8-13(2)15(11-12)21-9-10-22-16-17-18-19-20(16)14-5-3-4-6-14/h7-8,11,14H,3-6,9-10H2,1-2H3. The number of rotatable bonds is 6. The maximum atomic E-state index is 5.88. The Hall–Kier alpha value is -1.56. The molecule has 1 heterocycles. The number of aryl methyl sites for hydroxylation is 2. The van der Waals surface area contributed by atoms with Gasteiger partial charge in [-0.05, 0) is 54.3 Å². The number of tetrazole rings is 1. The van der Waals surface area contributed by atoms with Gasteiger partial charge in [0, 0.05) is 5.75 Å². The monoisotopic (exact) mass is 318 g/mol. The van der Waals surface area contributed by atoms with E-state index in [1.54, 1.807) is 11.8 Å². The summed E-state index contributed by atoms with van der Waals surface area (Å²) >= 11 is 1.67. The van der Waals surface area contributed by atoms with Gasteiger partial charge >= 0.3 is 0 Å². The van der Waals surface area contributed by atoms with E-state index in [0.29, 0.717) is 12.6 Å². The summed E-state index contributed by atoms with van der Waals surface area (Å²) in [6.45, 7) is 4.81. The molecular formula is C16H22N4OS. The fourth-order valence-corrected chi connectivity index (χ4v) is 3.57. The van der Waals surface area contributed by atoms with Crippen LogP contribution in [-0.4, -0.2) is 32.6 Å². The summed E-state index contributed by atoms with van der Waals surface area (Å²) in [4.78, 5) is 0. The van der Waals surface area contributed by atoms with Crippen molar-refractivity contribution in [3.63, 3.8) is 0 Å². The molecule has 0 unspecified atom stereocenters. The van der Waals surface area contributed by atoms with Crippen LogP contribution in [0.15, 0.2) is 23.4 Å². The first-order valence-corrected chi connectivity index (χ1v) is 8.83. The lowest BCUT2D eigenvalue weighted by Gasteiger charge is -2.12. The number of nitrogens with zero attached hydrogens (tertiary/aromatic N) is 4. The van der Waals surface area contributed by atoms with Gasteiger partial charge in [0.2, 0.25) is 5.16 Å². The molecule has 1 aliphatic rings. The van der Waals surface area contributed by atoms with Crippen LogP contribution in [0.4, 0.5) is 0 Å². The molecule has 0 atom stereocenters. The highest BCUT2D eigenvalue weighted by molar-refractivity contribution is 7.99. The smallest absolute Gasteiger partial charge is 0.209 e. The van der Waals surface area contributed by atoms with E-state index in [-0.39, 0.29) is 0 Å². The summed E-state index contributed by atoms with van der Waals surface area (Å²) in [6, 6.07) is 6.77. The number of benzene rings is 1. The highest BCUT2D eigenvalue weighted by atomic mass is 32.2. The minimum absolute atomic E-state index is 0.484. The van der Waals surface area contributed by atoms with E-state index in [0.717, 1.165) is 16.7 Å². The van der Waals surface area contributed by atoms with Gasteiger partial charge < -0.3 is 4.74 Å². The van der Waals surface area contributed by atoms with Gasteiger partial charge in [-0.15, -0.1) is 5.10 Å². The molecular weight excluding hydrogens is 296 g/mol. The van der Waals surface area contributed by atoms with Gasteiger partial charge in [-0.1, -0.05) is 36.7 Å². The molecule has 1 fully saturated rings. The summed E-state index contributed by atoms with van der Waals surface area (Å²) in [5, 5.41) is 13.0. The fourth-order valence-electron chi connectivity index (χ4n) is 2.81. The number of thioether (sulfide) groups is 1. The first-order valence-electron chi connectivity index (χ1n) is 7.85. The minimum Gasteiger partial charge on any atom is -0.492 e. The maximum Gasteiger partial charge on any atom is 0.209 e. The normalized spacial score (nSPS) is 15.4. The quantitative estimate of drug-likeness (QED) is 0.602. The Morgan fingerprint density at radius 1 is 1.27 bits per heavy atom.